The van der Waals surface area contributed by atoms with Crippen LogP contribution in [0.2, 0.25) is 0 Å². The summed E-state index contributed by atoms with van der Waals surface area (Å²) in [5.74, 6) is 1.16. The molecule has 1 unspecified atom stereocenters. The maximum atomic E-state index is 12.8. The maximum Gasteiger partial charge on any atom is 0.262 e. The van der Waals surface area contributed by atoms with Gasteiger partial charge in [0.05, 0.1) is 21.5 Å². The quantitative estimate of drug-likeness (QED) is 0.394. The molecule has 2 N–H and O–H groups in total. The Labute approximate surface area is 170 Å². The van der Waals surface area contributed by atoms with Crippen LogP contribution in [-0.4, -0.2) is 19.5 Å². The molecule has 0 radical (unpaired) electrons. The number of aromatic nitrogens is 4. The molecule has 3 aromatic heterocycles. The Hall–Kier alpha value is -2.45. The minimum absolute atomic E-state index is 0.0248. The van der Waals surface area contributed by atoms with Crippen molar-refractivity contribution < 1.29 is 0 Å². The van der Waals surface area contributed by atoms with Gasteiger partial charge in [-0.25, -0.2) is 15.0 Å². The minimum Gasteiger partial charge on any atom is -0.383 e. The first-order valence-electron chi connectivity index (χ1n) is 9.10. The van der Waals surface area contributed by atoms with Crippen molar-refractivity contribution in [1.82, 2.24) is 19.5 Å². The Morgan fingerprint density at radius 3 is 2.71 bits per heavy atom. The van der Waals surface area contributed by atoms with Crippen molar-refractivity contribution in [2.24, 2.45) is 0 Å². The van der Waals surface area contributed by atoms with Crippen molar-refractivity contribution >= 4 is 50.0 Å². The zero-order valence-electron chi connectivity index (χ0n) is 16.2. The SMILES string of the molecule is CCn1c(SC(C)c2nc(N)c3c(C)c(C)sc3n2)nc2ccccc2c1=O. The second-order valence-corrected chi connectivity index (χ2v) is 9.16. The molecule has 0 aliphatic carbocycles. The third-order valence-electron chi connectivity index (χ3n) is 4.86. The van der Waals surface area contributed by atoms with Crippen molar-refractivity contribution in [3.63, 3.8) is 0 Å². The molecule has 28 heavy (non-hydrogen) atoms. The molecule has 0 amide bonds. The predicted octanol–water partition coefficient (Wildman–Crippen LogP) is 4.47. The van der Waals surface area contributed by atoms with Crippen molar-refractivity contribution in [3.05, 3.63) is 50.9 Å². The van der Waals surface area contributed by atoms with Crippen LogP contribution in [0, 0.1) is 13.8 Å². The smallest absolute Gasteiger partial charge is 0.262 e. The fraction of sp³-hybridized carbons (Fsp3) is 0.300. The van der Waals surface area contributed by atoms with E-state index in [1.54, 1.807) is 15.9 Å². The summed E-state index contributed by atoms with van der Waals surface area (Å²) in [5.41, 5.74) is 8.05. The average molecular weight is 412 g/mol. The van der Waals surface area contributed by atoms with E-state index in [1.165, 1.54) is 16.6 Å². The monoisotopic (exact) mass is 411 g/mol. The second-order valence-electron chi connectivity index (χ2n) is 6.65. The molecule has 0 aliphatic rings. The van der Waals surface area contributed by atoms with E-state index in [9.17, 15) is 4.79 Å². The highest BCUT2D eigenvalue weighted by Crippen LogP contribution is 2.37. The van der Waals surface area contributed by atoms with E-state index in [4.69, 9.17) is 15.7 Å². The van der Waals surface area contributed by atoms with E-state index in [0.717, 1.165) is 15.8 Å². The van der Waals surface area contributed by atoms with Gasteiger partial charge < -0.3 is 5.73 Å². The Morgan fingerprint density at radius 2 is 1.96 bits per heavy atom. The Bertz CT molecular complexity index is 1260. The zero-order valence-corrected chi connectivity index (χ0v) is 17.8. The number of thiophene rings is 1. The third kappa shape index (κ3) is 3.06. The maximum absolute atomic E-state index is 12.8. The summed E-state index contributed by atoms with van der Waals surface area (Å²) in [6.07, 6.45) is 0. The summed E-state index contributed by atoms with van der Waals surface area (Å²) in [6.45, 7) is 8.63. The fourth-order valence-electron chi connectivity index (χ4n) is 3.21. The number of hydrogen-bond donors (Lipinski definition) is 1. The number of hydrogen-bond acceptors (Lipinski definition) is 7. The molecule has 0 saturated carbocycles. The lowest BCUT2D eigenvalue weighted by atomic mass is 10.2. The van der Waals surface area contributed by atoms with Crippen LogP contribution in [0.3, 0.4) is 0 Å². The van der Waals surface area contributed by atoms with Gasteiger partial charge in [0.15, 0.2) is 5.16 Å². The summed E-state index contributed by atoms with van der Waals surface area (Å²) in [5, 5.41) is 2.14. The topological polar surface area (TPSA) is 86.7 Å². The van der Waals surface area contributed by atoms with Crippen LogP contribution in [0.25, 0.3) is 21.1 Å². The highest BCUT2D eigenvalue weighted by Gasteiger charge is 2.20. The van der Waals surface area contributed by atoms with Crippen molar-refractivity contribution in [1.29, 1.82) is 0 Å². The van der Waals surface area contributed by atoms with Crippen LogP contribution in [-0.2, 0) is 6.54 Å². The second kappa shape index (κ2) is 7.18. The van der Waals surface area contributed by atoms with Crippen LogP contribution in [0.4, 0.5) is 5.82 Å². The average Bonchev–Trinajstić information content (AvgIpc) is 2.96. The van der Waals surface area contributed by atoms with E-state index in [1.807, 2.05) is 45.0 Å². The zero-order chi connectivity index (χ0) is 20.0. The first kappa shape index (κ1) is 18.9. The Kier molecular flexibility index (Phi) is 4.84. The number of nitrogen functional groups attached to an aromatic ring is 1. The normalized spacial score (nSPS) is 12.7. The number of benzene rings is 1. The number of nitrogens with zero attached hydrogens (tertiary/aromatic N) is 4. The molecule has 0 aliphatic heterocycles. The van der Waals surface area contributed by atoms with Crippen molar-refractivity contribution in [2.75, 3.05) is 5.73 Å². The van der Waals surface area contributed by atoms with Crippen molar-refractivity contribution in [2.45, 2.75) is 44.6 Å². The van der Waals surface area contributed by atoms with Gasteiger partial charge in [0.25, 0.3) is 5.56 Å². The molecule has 0 saturated heterocycles. The summed E-state index contributed by atoms with van der Waals surface area (Å²) >= 11 is 3.11. The number of thioether (sulfide) groups is 1. The molecular weight excluding hydrogens is 390 g/mol. The number of aryl methyl sites for hydroxylation is 2. The number of para-hydroxylation sites is 1. The molecule has 0 spiro atoms. The molecule has 4 aromatic rings. The lowest BCUT2D eigenvalue weighted by Crippen LogP contribution is -2.22. The summed E-state index contributed by atoms with van der Waals surface area (Å²) in [4.78, 5) is 28.9. The lowest BCUT2D eigenvalue weighted by molar-refractivity contribution is 0.632. The van der Waals surface area contributed by atoms with E-state index in [2.05, 4.69) is 11.9 Å². The molecule has 4 rings (SSSR count). The molecule has 144 valence electrons. The van der Waals surface area contributed by atoms with Gasteiger partial charge in [0, 0.05) is 11.4 Å². The molecule has 6 nitrogen and oxygen atoms in total. The Balaban J connectivity index is 1.77. The van der Waals surface area contributed by atoms with Gasteiger partial charge >= 0.3 is 0 Å². The van der Waals surface area contributed by atoms with E-state index < -0.39 is 0 Å². The standard InChI is InChI=1S/C20H21N5OS2/c1-5-25-19(26)13-8-6-7-9-14(13)22-20(25)28-12(4)17-23-16(21)15-10(2)11(3)27-18(15)24-17/h6-9,12H,5H2,1-4H3,(H2,21,23,24). The molecule has 3 heterocycles. The highest BCUT2D eigenvalue weighted by molar-refractivity contribution is 7.99. The Morgan fingerprint density at radius 1 is 1.21 bits per heavy atom. The largest absolute Gasteiger partial charge is 0.383 e. The first-order chi connectivity index (χ1) is 13.4. The van der Waals surface area contributed by atoms with Gasteiger partial charge in [-0.3, -0.25) is 9.36 Å². The van der Waals surface area contributed by atoms with Crippen molar-refractivity contribution in [3.8, 4) is 0 Å². The molecule has 1 atom stereocenters. The van der Waals surface area contributed by atoms with Gasteiger partial charge in [0.2, 0.25) is 0 Å². The van der Waals surface area contributed by atoms with Gasteiger partial charge in [0.1, 0.15) is 16.5 Å². The van der Waals surface area contributed by atoms with Gasteiger partial charge in [-0.05, 0) is 45.4 Å². The minimum atomic E-state index is -0.0970. The van der Waals surface area contributed by atoms with Gasteiger partial charge in [-0.2, -0.15) is 0 Å². The molecule has 0 fully saturated rings. The summed E-state index contributed by atoms with van der Waals surface area (Å²) in [6, 6.07) is 7.43. The number of rotatable bonds is 4. The number of nitrogens with two attached hydrogens (primary N) is 1. The summed E-state index contributed by atoms with van der Waals surface area (Å²) in [7, 11) is 0. The fourth-order valence-corrected chi connectivity index (χ4v) is 5.27. The van der Waals surface area contributed by atoms with Gasteiger partial charge in [-0.1, -0.05) is 23.9 Å². The number of anilines is 1. The molecule has 0 bridgehead atoms. The van der Waals surface area contributed by atoms with Gasteiger partial charge in [-0.15, -0.1) is 11.3 Å². The number of fused-ring (bicyclic) bond motifs is 2. The molecular formula is C20H21N5OS2. The molecule has 8 heteroatoms. The highest BCUT2D eigenvalue weighted by atomic mass is 32.2. The molecule has 1 aromatic carbocycles. The summed E-state index contributed by atoms with van der Waals surface area (Å²) < 4.78 is 1.70. The van der Waals surface area contributed by atoms with Crippen LogP contribution < -0.4 is 11.3 Å². The van der Waals surface area contributed by atoms with Crippen LogP contribution in [0.15, 0.2) is 34.2 Å². The van der Waals surface area contributed by atoms with E-state index in [-0.39, 0.29) is 10.8 Å². The third-order valence-corrected chi connectivity index (χ3v) is 7.05. The van der Waals surface area contributed by atoms with Crippen LogP contribution in [0.1, 0.15) is 35.4 Å². The van der Waals surface area contributed by atoms with E-state index in [0.29, 0.717) is 34.2 Å². The van der Waals surface area contributed by atoms with E-state index >= 15 is 0 Å². The first-order valence-corrected chi connectivity index (χ1v) is 10.8. The van der Waals surface area contributed by atoms with Crippen LogP contribution >= 0.6 is 23.1 Å². The predicted molar refractivity (Wildman–Crippen MR) is 117 cm³/mol. The lowest BCUT2D eigenvalue weighted by Gasteiger charge is -2.15. The van der Waals surface area contributed by atoms with Crippen LogP contribution in [0.5, 0.6) is 0 Å².